The van der Waals surface area contributed by atoms with Crippen LogP contribution in [0.15, 0.2) is 0 Å². The highest BCUT2D eigenvalue weighted by molar-refractivity contribution is 9.09. The predicted molar refractivity (Wildman–Crippen MR) is 67.4 cm³/mol. The Kier molecular flexibility index (Phi) is 4.40. The van der Waals surface area contributed by atoms with E-state index in [0.717, 1.165) is 12.7 Å². The lowest BCUT2D eigenvalue weighted by Gasteiger charge is -2.35. The highest BCUT2D eigenvalue weighted by Crippen LogP contribution is 2.24. The molecule has 0 spiro atoms. The number of hydrogen-bond acceptors (Lipinski definition) is 3. The molecule has 0 aromatic carbocycles. The number of sulfone groups is 1. The largest absolute Gasteiger partial charge is 0.340 e. The molecule has 16 heavy (non-hydrogen) atoms. The maximum Gasteiger partial charge on any atom is 0.240 e. The third-order valence-corrected chi connectivity index (χ3v) is 5.85. The van der Waals surface area contributed by atoms with Crippen molar-refractivity contribution < 1.29 is 13.2 Å². The first kappa shape index (κ1) is 14.0. The molecular weight excluding hydrogens is 294 g/mol. The van der Waals surface area contributed by atoms with Crippen LogP contribution < -0.4 is 0 Å². The van der Waals surface area contributed by atoms with E-state index in [4.69, 9.17) is 0 Å². The molecule has 1 amide bonds. The van der Waals surface area contributed by atoms with Crippen LogP contribution in [-0.2, 0) is 14.6 Å². The van der Waals surface area contributed by atoms with Gasteiger partial charge in [-0.1, -0.05) is 22.9 Å². The molecule has 1 heterocycles. The number of likely N-dealkylation sites (tertiary alicyclic amines) is 1. The zero-order valence-electron chi connectivity index (χ0n) is 9.81. The van der Waals surface area contributed by atoms with Crippen molar-refractivity contribution in [1.29, 1.82) is 0 Å². The highest BCUT2D eigenvalue weighted by Gasteiger charge is 2.32. The molecule has 0 bridgehead atoms. The summed E-state index contributed by atoms with van der Waals surface area (Å²) >= 11 is 3.52. The Labute approximate surface area is 105 Å². The second-order valence-electron chi connectivity index (χ2n) is 4.54. The van der Waals surface area contributed by atoms with Gasteiger partial charge in [0.2, 0.25) is 5.91 Å². The van der Waals surface area contributed by atoms with Gasteiger partial charge in [-0.05, 0) is 19.3 Å². The lowest BCUT2D eigenvalue weighted by molar-refractivity contribution is -0.131. The van der Waals surface area contributed by atoms with E-state index in [1.807, 2.05) is 0 Å². The van der Waals surface area contributed by atoms with Gasteiger partial charge in [-0.25, -0.2) is 8.42 Å². The normalized spacial score (nSPS) is 28.9. The number of amides is 1. The number of hydrogen-bond donors (Lipinski definition) is 0. The van der Waals surface area contributed by atoms with Crippen LogP contribution in [0.4, 0.5) is 0 Å². The summed E-state index contributed by atoms with van der Waals surface area (Å²) in [6, 6.07) is 0. The Morgan fingerprint density at radius 1 is 1.50 bits per heavy atom. The molecule has 3 atom stereocenters. The van der Waals surface area contributed by atoms with Gasteiger partial charge in [0.05, 0.1) is 0 Å². The second-order valence-corrected chi connectivity index (χ2v) is 8.08. The molecule has 0 saturated carbocycles. The minimum absolute atomic E-state index is 0.261. The Morgan fingerprint density at radius 3 is 2.50 bits per heavy atom. The quantitative estimate of drug-likeness (QED) is 0.716. The van der Waals surface area contributed by atoms with Crippen LogP contribution in [0.1, 0.15) is 20.3 Å². The van der Waals surface area contributed by atoms with E-state index in [1.165, 1.54) is 6.92 Å². The van der Waals surface area contributed by atoms with Gasteiger partial charge >= 0.3 is 0 Å². The predicted octanol–water partition coefficient (Wildman–Crippen LogP) is 1.05. The summed E-state index contributed by atoms with van der Waals surface area (Å²) in [7, 11) is -3.29. The third-order valence-electron chi connectivity index (χ3n) is 3.17. The van der Waals surface area contributed by atoms with Gasteiger partial charge in [0.15, 0.2) is 9.84 Å². The van der Waals surface area contributed by atoms with Gasteiger partial charge in [-0.2, -0.15) is 0 Å². The molecule has 0 aromatic heterocycles. The van der Waals surface area contributed by atoms with Crippen LogP contribution in [0, 0.1) is 5.92 Å². The Bertz CT molecular complexity index is 368. The first-order valence-electron chi connectivity index (χ1n) is 5.35. The van der Waals surface area contributed by atoms with E-state index < -0.39 is 15.1 Å². The zero-order chi connectivity index (χ0) is 12.5. The fourth-order valence-corrected chi connectivity index (χ4v) is 2.79. The molecule has 1 aliphatic rings. The van der Waals surface area contributed by atoms with Crippen LogP contribution in [0.3, 0.4) is 0 Å². The van der Waals surface area contributed by atoms with E-state index in [1.54, 1.807) is 4.90 Å². The number of halogens is 1. The number of alkyl halides is 1. The van der Waals surface area contributed by atoms with Crippen LogP contribution in [0.5, 0.6) is 0 Å². The summed E-state index contributed by atoms with van der Waals surface area (Å²) < 4.78 is 22.6. The Balaban J connectivity index is 2.69. The van der Waals surface area contributed by atoms with E-state index >= 15 is 0 Å². The second kappa shape index (κ2) is 5.04. The standard InChI is InChI=1S/C10H18BrNO3S/c1-7-4-5-12(6-9(7)11)10(13)8(2)16(3,14)15/h7-9H,4-6H2,1-3H3. The van der Waals surface area contributed by atoms with Gasteiger partial charge in [-0.15, -0.1) is 0 Å². The van der Waals surface area contributed by atoms with Crippen molar-refractivity contribution >= 4 is 31.7 Å². The van der Waals surface area contributed by atoms with Crippen molar-refractivity contribution in [3.05, 3.63) is 0 Å². The Morgan fingerprint density at radius 2 is 2.06 bits per heavy atom. The summed E-state index contributed by atoms with van der Waals surface area (Å²) in [6.45, 7) is 4.84. The van der Waals surface area contributed by atoms with E-state index in [0.29, 0.717) is 19.0 Å². The molecule has 0 aromatic rings. The van der Waals surface area contributed by atoms with Crippen molar-refractivity contribution in [2.24, 2.45) is 5.92 Å². The van der Waals surface area contributed by atoms with E-state index in [2.05, 4.69) is 22.9 Å². The maximum atomic E-state index is 11.9. The maximum absolute atomic E-state index is 11.9. The molecule has 0 N–H and O–H groups in total. The highest BCUT2D eigenvalue weighted by atomic mass is 79.9. The topological polar surface area (TPSA) is 54.5 Å². The zero-order valence-corrected chi connectivity index (χ0v) is 12.2. The molecule has 6 heteroatoms. The van der Waals surface area contributed by atoms with Crippen molar-refractivity contribution in [3.8, 4) is 0 Å². The summed E-state index contributed by atoms with van der Waals surface area (Å²) in [5, 5.41) is -0.930. The average molecular weight is 312 g/mol. The molecule has 4 nitrogen and oxygen atoms in total. The van der Waals surface area contributed by atoms with Crippen molar-refractivity contribution in [1.82, 2.24) is 4.90 Å². The van der Waals surface area contributed by atoms with Crippen LogP contribution in [0.25, 0.3) is 0 Å². The molecule has 0 aliphatic carbocycles. The lowest BCUT2D eigenvalue weighted by atomic mass is 9.99. The van der Waals surface area contributed by atoms with Gasteiger partial charge < -0.3 is 4.90 Å². The number of nitrogens with zero attached hydrogens (tertiary/aromatic N) is 1. The third kappa shape index (κ3) is 3.20. The molecule has 0 radical (unpaired) electrons. The first-order valence-corrected chi connectivity index (χ1v) is 8.22. The number of carbonyl (C=O) groups is 1. The molecule has 94 valence electrons. The smallest absolute Gasteiger partial charge is 0.240 e. The van der Waals surface area contributed by atoms with Gasteiger partial charge in [0, 0.05) is 24.2 Å². The van der Waals surface area contributed by atoms with Crippen LogP contribution in [0.2, 0.25) is 0 Å². The fourth-order valence-electron chi connectivity index (χ4n) is 1.66. The van der Waals surface area contributed by atoms with Crippen LogP contribution >= 0.6 is 15.9 Å². The van der Waals surface area contributed by atoms with Crippen molar-refractivity contribution in [3.63, 3.8) is 0 Å². The SMILES string of the molecule is CC1CCN(C(=O)C(C)S(C)(=O)=O)CC1Br. The number of carbonyl (C=O) groups excluding carboxylic acids is 1. The van der Waals surface area contributed by atoms with Crippen molar-refractivity contribution in [2.45, 2.75) is 30.3 Å². The van der Waals surface area contributed by atoms with Crippen molar-refractivity contribution in [2.75, 3.05) is 19.3 Å². The molecule has 1 saturated heterocycles. The summed E-state index contributed by atoms with van der Waals surface area (Å²) in [4.78, 5) is 13.8. The monoisotopic (exact) mass is 311 g/mol. The summed E-state index contributed by atoms with van der Waals surface area (Å²) in [5.41, 5.74) is 0. The molecule has 1 rings (SSSR count). The minimum Gasteiger partial charge on any atom is -0.340 e. The minimum atomic E-state index is -3.29. The number of piperidine rings is 1. The summed E-state index contributed by atoms with van der Waals surface area (Å²) in [5.74, 6) is 0.247. The van der Waals surface area contributed by atoms with Gasteiger partial charge in [0.25, 0.3) is 0 Å². The molecule has 1 aliphatic heterocycles. The Hall–Kier alpha value is -0.100. The lowest BCUT2D eigenvalue weighted by Crippen LogP contribution is -2.48. The first-order chi connectivity index (χ1) is 7.23. The number of rotatable bonds is 2. The molecule has 1 fully saturated rings. The fraction of sp³-hybridized carbons (Fsp3) is 0.900. The summed E-state index contributed by atoms with van der Waals surface area (Å²) in [6.07, 6.45) is 2.02. The molecule has 3 unspecified atom stereocenters. The van der Waals surface area contributed by atoms with E-state index in [9.17, 15) is 13.2 Å². The van der Waals surface area contributed by atoms with E-state index in [-0.39, 0.29) is 10.7 Å². The molecular formula is C10H18BrNO3S. The average Bonchev–Trinajstić information content (AvgIpc) is 2.18. The van der Waals surface area contributed by atoms with Gasteiger partial charge in [0.1, 0.15) is 5.25 Å². The van der Waals surface area contributed by atoms with Crippen LogP contribution in [-0.4, -0.2) is 48.6 Å². The van der Waals surface area contributed by atoms with Gasteiger partial charge in [-0.3, -0.25) is 4.79 Å².